The van der Waals surface area contributed by atoms with Crippen molar-refractivity contribution < 1.29 is 23.8 Å². The van der Waals surface area contributed by atoms with Gasteiger partial charge in [0.25, 0.3) is 8.32 Å². The minimum absolute atomic E-state index is 0.0137. The Hall–Kier alpha value is -4.18. The van der Waals surface area contributed by atoms with Crippen LogP contribution in [-0.4, -0.2) is 65.4 Å². The van der Waals surface area contributed by atoms with Gasteiger partial charge >= 0.3 is 5.97 Å². The molecule has 3 aliphatic rings. The van der Waals surface area contributed by atoms with E-state index in [4.69, 9.17) is 25.5 Å². The fourth-order valence-electron chi connectivity index (χ4n) is 10.2. The highest BCUT2D eigenvalue weighted by atomic mass is 35.5. The smallest absolute Gasteiger partial charge is 0.343 e. The molecule has 1 aliphatic heterocycles. The number of esters is 1. The molecule has 0 radical (unpaired) electrons. The molecule has 1 fully saturated rings. The van der Waals surface area contributed by atoms with Crippen LogP contribution in [0, 0.1) is 11.8 Å². The first-order valence-electron chi connectivity index (χ1n) is 21.7. The highest BCUT2D eigenvalue weighted by Crippen LogP contribution is 2.49. The average Bonchev–Trinajstić information content (AvgIpc) is 3.39. The summed E-state index contributed by atoms with van der Waals surface area (Å²) in [5.74, 6) is 0.558. The van der Waals surface area contributed by atoms with E-state index in [1.165, 1.54) is 28.6 Å². The van der Waals surface area contributed by atoms with E-state index in [2.05, 4.69) is 123 Å². The minimum Gasteiger partial charge on any atom is -0.490 e. The molecule has 1 heterocycles. The Morgan fingerprint density at radius 3 is 2.37 bits per heavy atom. The third-order valence-corrected chi connectivity index (χ3v) is 18.8. The van der Waals surface area contributed by atoms with E-state index in [0.717, 1.165) is 68.0 Å². The van der Waals surface area contributed by atoms with Crippen LogP contribution in [0.3, 0.4) is 0 Å². The Balaban J connectivity index is 1.27. The summed E-state index contributed by atoms with van der Waals surface area (Å²) in [4.78, 5) is 15.9. The summed E-state index contributed by atoms with van der Waals surface area (Å²) in [7, 11) is -1.54. The lowest BCUT2D eigenvalue weighted by Crippen LogP contribution is -2.68. The van der Waals surface area contributed by atoms with Gasteiger partial charge in [0.15, 0.2) is 5.60 Å². The molecule has 318 valence electrons. The predicted molar refractivity (Wildman–Crippen MR) is 247 cm³/mol. The number of aryl methyl sites for hydroxylation is 1. The number of nitrogens with zero attached hydrogens (tertiary/aromatic N) is 1. The molecule has 4 aromatic rings. The van der Waals surface area contributed by atoms with Crippen molar-refractivity contribution in [1.82, 2.24) is 5.32 Å². The zero-order chi connectivity index (χ0) is 42.5. The summed E-state index contributed by atoms with van der Waals surface area (Å²) in [5, 5.41) is 18.5. The van der Waals surface area contributed by atoms with Crippen LogP contribution in [0.25, 0.3) is 0 Å². The van der Waals surface area contributed by atoms with Gasteiger partial charge in [0, 0.05) is 30.1 Å². The number of aliphatic hydroxyl groups is 1. The number of anilines is 1. The molecule has 7 nitrogen and oxygen atoms in total. The van der Waals surface area contributed by atoms with Crippen LogP contribution < -0.4 is 25.3 Å². The zero-order valence-corrected chi connectivity index (χ0v) is 37.7. The standard InChI is InChI=1S/C51H63ClN2O5Si/c1-7-9-16-30-53-34-51(56,48(55)57-6)39-24-28-47-45(32-39)54(35-50(36-58-47)29-17-18-37-31-40(52)25-27-44(37)50)33-38-23-26-43(38)46(8-2)59-60(49(3,4)5,41-19-12-10-13-20-41)42-21-14-11-15-22-42/h7-8,10-15,19-22,24-25,27-28,31-32,38,43,46,53,56H,1-2,9,16-18,23,26,29-30,33-36H2,3-6H3/t38-,43+,46-,50-,51-/m0/s1. The number of rotatable bonds is 16. The Bertz CT molecular complexity index is 2090. The summed E-state index contributed by atoms with van der Waals surface area (Å²) in [6.07, 6.45) is 10.5. The maximum atomic E-state index is 13.4. The van der Waals surface area contributed by atoms with Gasteiger partial charge in [0.05, 0.1) is 25.5 Å². The lowest BCUT2D eigenvalue weighted by atomic mass is 9.68. The van der Waals surface area contributed by atoms with Crippen LogP contribution in [0.15, 0.2) is 122 Å². The molecule has 1 saturated carbocycles. The van der Waals surface area contributed by atoms with Crippen molar-refractivity contribution in [1.29, 1.82) is 0 Å². The largest absolute Gasteiger partial charge is 0.490 e. The maximum absolute atomic E-state index is 13.4. The molecule has 0 amide bonds. The normalized spacial score (nSPS) is 21.6. The molecule has 2 N–H and O–H groups in total. The minimum atomic E-state index is -2.86. The highest BCUT2D eigenvalue weighted by molar-refractivity contribution is 6.99. The van der Waals surface area contributed by atoms with Crippen LogP contribution in [0.1, 0.15) is 76.0 Å². The van der Waals surface area contributed by atoms with Crippen molar-refractivity contribution in [3.05, 3.63) is 144 Å². The zero-order valence-electron chi connectivity index (χ0n) is 35.9. The molecule has 2 aliphatic carbocycles. The first-order valence-corrected chi connectivity index (χ1v) is 24.0. The van der Waals surface area contributed by atoms with Gasteiger partial charge in [-0.05, 0) is 120 Å². The van der Waals surface area contributed by atoms with E-state index >= 15 is 0 Å². The number of fused-ring (bicyclic) bond motifs is 3. The number of hydrogen-bond acceptors (Lipinski definition) is 7. The number of halogens is 1. The molecule has 9 heteroatoms. The number of hydrogen-bond donors (Lipinski definition) is 2. The second-order valence-electron chi connectivity index (χ2n) is 18.2. The third-order valence-electron chi connectivity index (χ3n) is 13.5. The van der Waals surface area contributed by atoms with Gasteiger partial charge < -0.3 is 29.2 Å². The monoisotopic (exact) mass is 846 g/mol. The van der Waals surface area contributed by atoms with Gasteiger partial charge in [-0.15, -0.1) is 13.2 Å². The number of unbranched alkanes of at least 4 members (excludes halogenated alkanes) is 1. The van der Waals surface area contributed by atoms with E-state index in [1.54, 1.807) is 0 Å². The van der Waals surface area contributed by atoms with Crippen molar-refractivity contribution in [2.24, 2.45) is 11.8 Å². The number of allylic oxidation sites excluding steroid dienone is 1. The van der Waals surface area contributed by atoms with Crippen LogP contribution in [0.5, 0.6) is 5.75 Å². The van der Waals surface area contributed by atoms with Gasteiger partial charge in [-0.2, -0.15) is 0 Å². The third kappa shape index (κ3) is 8.51. The van der Waals surface area contributed by atoms with Gasteiger partial charge in [-0.1, -0.05) is 117 Å². The summed E-state index contributed by atoms with van der Waals surface area (Å²) in [5.41, 5.74) is 1.71. The molecule has 0 unspecified atom stereocenters. The second-order valence-corrected chi connectivity index (χ2v) is 22.9. The molecule has 4 aromatic carbocycles. The molecular formula is C51H63ClN2O5Si. The van der Waals surface area contributed by atoms with Crippen LogP contribution >= 0.6 is 11.6 Å². The summed E-state index contributed by atoms with van der Waals surface area (Å²) >= 11 is 6.57. The Kier molecular flexibility index (Phi) is 13.5. The van der Waals surface area contributed by atoms with Gasteiger partial charge in [0.1, 0.15) is 5.75 Å². The van der Waals surface area contributed by atoms with E-state index in [9.17, 15) is 9.90 Å². The average molecular weight is 848 g/mol. The first-order chi connectivity index (χ1) is 28.9. The van der Waals surface area contributed by atoms with Crippen LogP contribution in [0.2, 0.25) is 10.1 Å². The molecule has 5 atom stereocenters. The molecule has 0 bridgehead atoms. The van der Waals surface area contributed by atoms with Crippen molar-refractivity contribution >= 4 is 41.9 Å². The topological polar surface area (TPSA) is 80.3 Å². The molecule has 7 rings (SSSR count). The predicted octanol–water partition coefficient (Wildman–Crippen LogP) is 8.89. The fraction of sp³-hybridized carbons (Fsp3) is 0.431. The van der Waals surface area contributed by atoms with Crippen molar-refractivity contribution in [3.63, 3.8) is 0 Å². The van der Waals surface area contributed by atoms with E-state index in [-0.39, 0.29) is 34.9 Å². The SMILES string of the molecule is C=CCCCNC[C@@](O)(C(=O)OC)c1ccc2c(c1)N(C[C@@H]1CC[C@H]1[C@H](C=C)O[Si](c1ccccc1)(c1ccccc1)C(C)(C)C)C[C@@]1(CCCc3cc(Cl)ccc31)CO2. The quantitative estimate of drug-likeness (QED) is 0.0505. The lowest BCUT2D eigenvalue weighted by Gasteiger charge is -2.50. The van der Waals surface area contributed by atoms with Gasteiger partial charge in [0.2, 0.25) is 0 Å². The number of carbonyl (C=O) groups is 1. The summed E-state index contributed by atoms with van der Waals surface area (Å²) in [6.45, 7) is 17.8. The number of carbonyl (C=O) groups excluding carboxylic acids is 1. The number of benzene rings is 4. The summed E-state index contributed by atoms with van der Waals surface area (Å²) < 4.78 is 19.8. The summed E-state index contributed by atoms with van der Waals surface area (Å²) in [6, 6.07) is 33.7. The first kappa shape index (κ1) is 43.9. The van der Waals surface area contributed by atoms with Crippen LogP contribution in [0.4, 0.5) is 5.69 Å². The number of methoxy groups -OCH3 is 1. The second kappa shape index (κ2) is 18.4. The molecular weight excluding hydrogens is 784 g/mol. The maximum Gasteiger partial charge on any atom is 0.343 e. The van der Waals surface area contributed by atoms with E-state index in [0.29, 0.717) is 25.3 Å². The lowest BCUT2D eigenvalue weighted by molar-refractivity contribution is -0.163. The molecule has 0 saturated heterocycles. The molecule has 60 heavy (non-hydrogen) atoms. The Morgan fingerprint density at radius 2 is 1.75 bits per heavy atom. The van der Waals surface area contributed by atoms with E-state index < -0.39 is 19.9 Å². The van der Waals surface area contributed by atoms with Crippen molar-refractivity contribution in [2.45, 2.75) is 87.9 Å². The Morgan fingerprint density at radius 1 is 1.03 bits per heavy atom. The van der Waals surface area contributed by atoms with Gasteiger partial charge in [-0.25, -0.2) is 4.79 Å². The number of nitrogens with one attached hydrogen (secondary N) is 1. The Labute approximate surface area is 363 Å². The van der Waals surface area contributed by atoms with E-state index in [1.807, 2.05) is 30.3 Å². The van der Waals surface area contributed by atoms with Crippen LogP contribution in [-0.2, 0) is 31.4 Å². The number of ether oxygens (including phenoxy) is 2. The van der Waals surface area contributed by atoms with Gasteiger partial charge in [-0.3, -0.25) is 0 Å². The molecule has 0 aromatic heterocycles. The fourth-order valence-corrected chi connectivity index (χ4v) is 15.1. The van der Waals surface area contributed by atoms with Crippen molar-refractivity contribution in [2.75, 3.05) is 44.8 Å². The highest BCUT2D eigenvalue weighted by Gasteiger charge is 2.53. The molecule has 1 spiro atoms. The van der Waals surface area contributed by atoms with Crippen molar-refractivity contribution in [3.8, 4) is 5.75 Å².